The van der Waals surface area contributed by atoms with Crippen molar-refractivity contribution in [1.82, 2.24) is 0 Å². The van der Waals surface area contributed by atoms with Crippen LogP contribution in [0.2, 0.25) is 0 Å². The van der Waals surface area contributed by atoms with Crippen molar-refractivity contribution in [1.29, 1.82) is 0 Å². The number of methoxy groups -OCH3 is 1. The Balaban J connectivity index is 2.83. The third-order valence-corrected chi connectivity index (χ3v) is 3.18. The minimum absolute atomic E-state index is 0.438. The summed E-state index contributed by atoms with van der Waals surface area (Å²) < 4.78 is 10.0. The third kappa shape index (κ3) is 14.4. The molecule has 0 aliphatic rings. The zero-order valence-corrected chi connectivity index (χ0v) is 12.3. The lowest BCUT2D eigenvalue weighted by atomic mass is 10.1. The van der Waals surface area contributed by atoms with Gasteiger partial charge in [-0.3, -0.25) is 0 Å². The molecule has 0 unspecified atom stereocenters. The number of hydrogen-bond acceptors (Lipinski definition) is 2. The van der Waals surface area contributed by atoms with E-state index in [1.807, 2.05) is 0 Å². The summed E-state index contributed by atoms with van der Waals surface area (Å²) in [7, 11) is 1.66. The molecular formula is C13H27BrO2. The molecule has 98 valence electrons. The highest BCUT2D eigenvalue weighted by molar-refractivity contribution is 9.09. The van der Waals surface area contributed by atoms with Gasteiger partial charge in [-0.05, 0) is 12.8 Å². The molecule has 0 radical (unpaired) electrons. The van der Waals surface area contributed by atoms with Crippen molar-refractivity contribution in [3.05, 3.63) is 0 Å². The van der Waals surface area contributed by atoms with Gasteiger partial charge in [0, 0.05) is 19.0 Å². The Morgan fingerprint density at radius 1 is 0.750 bits per heavy atom. The number of unbranched alkanes of at least 4 members (excludes halogenated alkanes) is 8. The Morgan fingerprint density at radius 3 is 1.75 bits per heavy atom. The maximum absolute atomic E-state index is 5.23. The van der Waals surface area contributed by atoms with Crippen LogP contribution in [0.3, 0.4) is 0 Å². The van der Waals surface area contributed by atoms with Gasteiger partial charge in [0.25, 0.3) is 0 Å². The van der Waals surface area contributed by atoms with Crippen LogP contribution in [0.25, 0.3) is 0 Å². The van der Waals surface area contributed by atoms with Crippen LogP contribution in [0.15, 0.2) is 0 Å². The van der Waals surface area contributed by atoms with Crippen molar-refractivity contribution < 1.29 is 9.47 Å². The minimum Gasteiger partial charge on any atom is -0.359 e. The normalized spacial score (nSPS) is 10.9. The molecule has 0 spiro atoms. The molecule has 0 fully saturated rings. The Kier molecular flexibility index (Phi) is 15.8. The van der Waals surface area contributed by atoms with E-state index in [1.165, 1.54) is 57.8 Å². The Hall–Kier alpha value is 0.400. The van der Waals surface area contributed by atoms with Crippen molar-refractivity contribution >= 4 is 15.9 Å². The van der Waals surface area contributed by atoms with Crippen molar-refractivity contribution in [2.75, 3.05) is 25.8 Å². The van der Waals surface area contributed by atoms with Gasteiger partial charge in [-0.2, -0.15) is 0 Å². The molecule has 0 saturated heterocycles. The largest absolute Gasteiger partial charge is 0.359 e. The topological polar surface area (TPSA) is 18.5 Å². The van der Waals surface area contributed by atoms with Gasteiger partial charge >= 0.3 is 0 Å². The van der Waals surface area contributed by atoms with Gasteiger partial charge in [0.2, 0.25) is 0 Å². The van der Waals surface area contributed by atoms with Crippen molar-refractivity contribution in [3.8, 4) is 0 Å². The molecular weight excluding hydrogens is 268 g/mol. The van der Waals surface area contributed by atoms with Crippen molar-refractivity contribution in [2.45, 2.75) is 57.8 Å². The molecule has 0 aromatic rings. The van der Waals surface area contributed by atoms with Crippen LogP contribution in [0.5, 0.6) is 0 Å². The summed E-state index contributed by atoms with van der Waals surface area (Å²) >= 11 is 3.46. The first kappa shape index (κ1) is 16.4. The molecule has 16 heavy (non-hydrogen) atoms. The van der Waals surface area contributed by atoms with Crippen molar-refractivity contribution in [2.24, 2.45) is 0 Å². The second-order valence-electron chi connectivity index (χ2n) is 4.19. The average molecular weight is 295 g/mol. The van der Waals surface area contributed by atoms with Gasteiger partial charge in [0.05, 0.1) is 0 Å². The number of alkyl halides is 1. The summed E-state index contributed by atoms with van der Waals surface area (Å²) in [5.41, 5.74) is 0. The van der Waals surface area contributed by atoms with Gasteiger partial charge in [0.1, 0.15) is 6.79 Å². The fourth-order valence-electron chi connectivity index (χ4n) is 1.68. The summed E-state index contributed by atoms with van der Waals surface area (Å²) in [6.45, 7) is 1.28. The predicted molar refractivity (Wildman–Crippen MR) is 73.2 cm³/mol. The predicted octanol–water partition coefficient (Wildman–Crippen LogP) is 4.51. The van der Waals surface area contributed by atoms with Crippen LogP contribution < -0.4 is 0 Å². The highest BCUT2D eigenvalue weighted by Crippen LogP contribution is 2.10. The van der Waals surface area contributed by atoms with Crippen LogP contribution in [-0.4, -0.2) is 25.8 Å². The zero-order chi connectivity index (χ0) is 11.9. The molecule has 0 aromatic heterocycles. The quantitative estimate of drug-likeness (QED) is 0.283. The zero-order valence-electron chi connectivity index (χ0n) is 10.7. The Labute approximate surface area is 109 Å². The molecule has 0 amide bonds. The Morgan fingerprint density at radius 2 is 1.25 bits per heavy atom. The van der Waals surface area contributed by atoms with Gasteiger partial charge in [-0.15, -0.1) is 0 Å². The van der Waals surface area contributed by atoms with Gasteiger partial charge in [-0.25, -0.2) is 0 Å². The second kappa shape index (κ2) is 15.4. The fraction of sp³-hybridized carbons (Fsp3) is 1.00. The molecule has 0 rings (SSSR count). The first-order valence-electron chi connectivity index (χ1n) is 6.54. The van der Waals surface area contributed by atoms with Crippen molar-refractivity contribution in [3.63, 3.8) is 0 Å². The molecule has 0 saturated carbocycles. The lowest BCUT2D eigenvalue weighted by molar-refractivity contribution is -0.0315. The maximum atomic E-state index is 5.23. The van der Waals surface area contributed by atoms with Crippen LogP contribution >= 0.6 is 15.9 Å². The Bertz CT molecular complexity index is 107. The van der Waals surface area contributed by atoms with E-state index in [-0.39, 0.29) is 0 Å². The monoisotopic (exact) mass is 294 g/mol. The number of rotatable bonds is 13. The molecule has 0 N–H and O–H groups in total. The van der Waals surface area contributed by atoms with Gasteiger partial charge in [0.15, 0.2) is 0 Å². The minimum atomic E-state index is 0.438. The second-order valence-corrected chi connectivity index (χ2v) is 4.98. The molecule has 0 heterocycles. The average Bonchev–Trinajstić information content (AvgIpc) is 2.31. The summed E-state index contributed by atoms with van der Waals surface area (Å²) in [6, 6.07) is 0. The molecule has 0 aromatic carbocycles. The van der Waals surface area contributed by atoms with E-state index in [1.54, 1.807) is 7.11 Å². The summed E-state index contributed by atoms with van der Waals surface area (Å²) in [6.07, 6.45) is 12.1. The lowest BCUT2D eigenvalue weighted by Gasteiger charge is -2.03. The van der Waals surface area contributed by atoms with Crippen LogP contribution in [-0.2, 0) is 9.47 Å². The van der Waals surface area contributed by atoms with E-state index in [2.05, 4.69) is 15.9 Å². The first-order valence-corrected chi connectivity index (χ1v) is 7.66. The van der Waals surface area contributed by atoms with Gasteiger partial charge in [-0.1, -0.05) is 60.9 Å². The highest BCUT2D eigenvalue weighted by Gasteiger charge is 1.92. The van der Waals surface area contributed by atoms with E-state index < -0.39 is 0 Å². The van der Waals surface area contributed by atoms with Gasteiger partial charge < -0.3 is 9.47 Å². The van der Waals surface area contributed by atoms with E-state index in [0.29, 0.717) is 6.79 Å². The van der Waals surface area contributed by atoms with E-state index in [9.17, 15) is 0 Å². The van der Waals surface area contributed by atoms with Crippen LogP contribution in [0.4, 0.5) is 0 Å². The lowest BCUT2D eigenvalue weighted by Crippen LogP contribution is -1.98. The standard InChI is InChI=1S/C13H27BrO2/c1-15-13-16-12-10-8-6-4-2-3-5-7-9-11-14/h2-13H2,1H3. The van der Waals surface area contributed by atoms with Crippen LogP contribution in [0, 0.1) is 0 Å². The van der Waals surface area contributed by atoms with E-state index in [0.717, 1.165) is 11.9 Å². The smallest absolute Gasteiger partial charge is 0.146 e. The molecule has 0 aliphatic heterocycles. The highest BCUT2D eigenvalue weighted by atomic mass is 79.9. The molecule has 0 bridgehead atoms. The van der Waals surface area contributed by atoms with Crippen LogP contribution in [0.1, 0.15) is 57.8 Å². The summed E-state index contributed by atoms with van der Waals surface area (Å²) in [5.74, 6) is 0. The number of ether oxygens (including phenoxy) is 2. The van der Waals surface area contributed by atoms with E-state index >= 15 is 0 Å². The SMILES string of the molecule is COCOCCCCCCCCCCCBr. The number of halogens is 1. The number of hydrogen-bond donors (Lipinski definition) is 0. The fourth-order valence-corrected chi connectivity index (χ4v) is 2.07. The summed E-state index contributed by atoms with van der Waals surface area (Å²) in [5, 5.41) is 1.16. The van der Waals surface area contributed by atoms with E-state index in [4.69, 9.17) is 9.47 Å². The molecule has 2 nitrogen and oxygen atoms in total. The maximum Gasteiger partial charge on any atom is 0.146 e. The molecule has 0 aliphatic carbocycles. The molecule has 0 atom stereocenters. The first-order chi connectivity index (χ1) is 7.91. The third-order valence-electron chi connectivity index (χ3n) is 2.62. The summed E-state index contributed by atoms with van der Waals surface area (Å²) in [4.78, 5) is 0. The molecule has 3 heteroatoms.